The monoisotopic (exact) mass is 224 g/mol. The molecule has 0 aliphatic heterocycles. The molecule has 1 atom stereocenters. The molecule has 0 amide bonds. The van der Waals surface area contributed by atoms with Crippen molar-refractivity contribution in [3.63, 3.8) is 0 Å². The molecule has 0 radical (unpaired) electrons. The lowest BCUT2D eigenvalue weighted by molar-refractivity contribution is -0.113. The molecule has 0 saturated heterocycles. The number of rotatable bonds is 10. The summed E-state index contributed by atoms with van der Waals surface area (Å²) in [4.78, 5) is 10.7. The van der Waals surface area contributed by atoms with Gasteiger partial charge in [-0.25, -0.2) is 0 Å². The third-order valence-electron chi connectivity index (χ3n) is 3.67. The van der Waals surface area contributed by atoms with Crippen LogP contribution in [0.1, 0.15) is 65.7 Å². The van der Waals surface area contributed by atoms with Gasteiger partial charge in [0.15, 0.2) is 0 Å². The van der Waals surface area contributed by atoms with Gasteiger partial charge in [-0.15, -0.1) is 6.58 Å². The first kappa shape index (κ1) is 15.4. The maximum Gasteiger partial charge on any atom is 0.123 e. The first-order valence-electron chi connectivity index (χ1n) is 6.61. The van der Waals surface area contributed by atoms with Gasteiger partial charge in [0.1, 0.15) is 6.29 Å². The Morgan fingerprint density at radius 1 is 1.12 bits per heavy atom. The molecule has 0 aromatic rings. The predicted molar refractivity (Wildman–Crippen MR) is 71.5 cm³/mol. The van der Waals surface area contributed by atoms with Crippen LogP contribution in [0.15, 0.2) is 12.7 Å². The lowest BCUT2D eigenvalue weighted by Crippen LogP contribution is -2.22. The summed E-state index contributed by atoms with van der Waals surface area (Å²) in [5.41, 5.74) is 0.170. The summed E-state index contributed by atoms with van der Waals surface area (Å²) < 4.78 is 0. The Labute approximate surface area is 101 Å². The van der Waals surface area contributed by atoms with Crippen LogP contribution in [0.5, 0.6) is 0 Å². The molecule has 0 bridgehead atoms. The van der Waals surface area contributed by atoms with E-state index in [1.54, 1.807) is 0 Å². The molecule has 0 heterocycles. The van der Waals surface area contributed by atoms with Crippen LogP contribution in [0, 0.1) is 11.3 Å². The first-order valence-corrected chi connectivity index (χ1v) is 6.61. The van der Waals surface area contributed by atoms with Crippen molar-refractivity contribution in [2.24, 2.45) is 11.3 Å². The van der Waals surface area contributed by atoms with Gasteiger partial charge in [-0.3, -0.25) is 0 Å². The minimum Gasteiger partial charge on any atom is -0.303 e. The number of carbonyl (C=O) groups excluding carboxylic acids is 1. The van der Waals surface area contributed by atoms with E-state index in [1.807, 2.05) is 13.0 Å². The van der Waals surface area contributed by atoms with E-state index >= 15 is 0 Å². The summed E-state index contributed by atoms with van der Waals surface area (Å²) >= 11 is 0. The van der Waals surface area contributed by atoms with Crippen LogP contribution in [0.25, 0.3) is 0 Å². The smallest absolute Gasteiger partial charge is 0.123 e. The van der Waals surface area contributed by atoms with Crippen molar-refractivity contribution in [3.05, 3.63) is 12.7 Å². The van der Waals surface area contributed by atoms with Crippen molar-refractivity contribution in [2.75, 3.05) is 0 Å². The molecular weight excluding hydrogens is 196 g/mol. The van der Waals surface area contributed by atoms with Gasteiger partial charge in [-0.2, -0.15) is 0 Å². The fourth-order valence-corrected chi connectivity index (χ4v) is 1.81. The summed E-state index contributed by atoms with van der Waals surface area (Å²) in [6.45, 7) is 10.1. The van der Waals surface area contributed by atoms with Crippen molar-refractivity contribution < 1.29 is 4.79 Å². The van der Waals surface area contributed by atoms with E-state index in [0.717, 1.165) is 19.1 Å². The lowest BCUT2D eigenvalue weighted by atomic mass is 9.77. The highest BCUT2D eigenvalue weighted by Crippen LogP contribution is 2.31. The van der Waals surface area contributed by atoms with E-state index in [4.69, 9.17) is 0 Å². The van der Waals surface area contributed by atoms with Crippen molar-refractivity contribution in [3.8, 4) is 0 Å². The third-order valence-corrected chi connectivity index (χ3v) is 3.67. The fourth-order valence-electron chi connectivity index (χ4n) is 1.81. The van der Waals surface area contributed by atoms with E-state index in [2.05, 4.69) is 20.4 Å². The summed E-state index contributed by atoms with van der Waals surface area (Å²) in [6, 6.07) is 0. The van der Waals surface area contributed by atoms with E-state index in [-0.39, 0.29) is 11.3 Å². The average molecular weight is 224 g/mol. The van der Waals surface area contributed by atoms with E-state index in [0.29, 0.717) is 0 Å². The van der Waals surface area contributed by atoms with Crippen molar-refractivity contribution in [1.29, 1.82) is 0 Å². The van der Waals surface area contributed by atoms with Crippen LogP contribution in [0.4, 0.5) is 0 Å². The highest BCUT2D eigenvalue weighted by atomic mass is 16.1. The maximum absolute atomic E-state index is 10.7. The fraction of sp³-hybridized carbons (Fsp3) is 0.800. The lowest BCUT2D eigenvalue weighted by Gasteiger charge is -2.28. The highest BCUT2D eigenvalue weighted by molar-refractivity contribution is 5.54. The van der Waals surface area contributed by atoms with Crippen LogP contribution in [-0.4, -0.2) is 6.29 Å². The average Bonchev–Trinajstić information content (AvgIpc) is 2.26. The third kappa shape index (κ3) is 6.81. The maximum atomic E-state index is 10.7. The van der Waals surface area contributed by atoms with Crippen LogP contribution in [-0.2, 0) is 4.79 Å². The topological polar surface area (TPSA) is 17.1 Å². The van der Waals surface area contributed by atoms with Gasteiger partial charge < -0.3 is 4.79 Å². The Balaban J connectivity index is 3.50. The van der Waals surface area contributed by atoms with E-state index in [1.165, 1.54) is 32.1 Å². The number of hydrogen-bond donors (Lipinski definition) is 0. The zero-order valence-corrected chi connectivity index (χ0v) is 11.3. The van der Waals surface area contributed by atoms with Gasteiger partial charge in [0, 0.05) is 5.92 Å². The van der Waals surface area contributed by atoms with Gasteiger partial charge >= 0.3 is 0 Å². The first-order chi connectivity index (χ1) is 7.54. The van der Waals surface area contributed by atoms with Gasteiger partial charge in [0.05, 0.1) is 0 Å². The summed E-state index contributed by atoms with van der Waals surface area (Å²) in [7, 11) is 0. The predicted octanol–water partition coefficient (Wildman–Crippen LogP) is 4.76. The Morgan fingerprint density at radius 2 is 1.69 bits per heavy atom. The van der Waals surface area contributed by atoms with Crippen molar-refractivity contribution >= 4 is 6.29 Å². The van der Waals surface area contributed by atoms with Gasteiger partial charge in [0.25, 0.3) is 0 Å². The molecule has 0 rings (SSSR count). The molecule has 0 spiro atoms. The zero-order chi connectivity index (χ0) is 12.4. The van der Waals surface area contributed by atoms with Crippen LogP contribution < -0.4 is 0 Å². The molecule has 1 unspecified atom stereocenters. The number of aldehydes is 1. The number of hydrogen-bond acceptors (Lipinski definition) is 1. The molecule has 0 aliphatic rings. The highest BCUT2D eigenvalue weighted by Gasteiger charge is 2.24. The van der Waals surface area contributed by atoms with Crippen LogP contribution in [0.3, 0.4) is 0 Å². The molecule has 1 nitrogen and oxygen atoms in total. The number of allylic oxidation sites excluding steroid dienone is 1. The van der Waals surface area contributed by atoms with Gasteiger partial charge in [0.2, 0.25) is 0 Å². The van der Waals surface area contributed by atoms with E-state index in [9.17, 15) is 4.79 Å². The minimum atomic E-state index is 0.170. The Bertz CT molecular complexity index is 194. The van der Waals surface area contributed by atoms with Gasteiger partial charge in [-0.05, 0) is 24.7 Å². The van der Waals surface area contributed by atoms with E-state index < -0.39 is 0 Å². The van der Waals surface area contributed by atoms with Crippen molar-refractivity contribution in [2.45, 2.75) is 65.7 Å². The molecular formula is C15H28O. The molecule has 0 N–H and O–H groups in total. The molecule has 94 valence electrons. The second-order valence-electron chi connectivity index (χ2n) is 5.51. The SMILES string of the molecule is C=CCCCCCCCC(C)(C)C(C)C=O. The molecule has 0 aromatic carbocycles. The largest absolute Gasteiger partial charge is 0.303 e. The Kier molecular flexibility index (Phi) is 8.23. The minimum absolute atomic E-state index is 0.170. The number of unbranched alkanes of at least 4 members (excludes halogenated alkanes) is 5. The van der Waals surface area contributed by atoms with Gasteiger partial charge in [-0.1, -0.05) is 52.5 Å². The molecule has 0 aromatic heterocycles. The summed E-state index contributed by atoms with van der Waals surface area (Å²) in [5.74, 6) is 0.174. The molecule has 0 fully saturated rings. The summed E-state index contributed by atoms with van der Waals surface area (Å²) in [6.07, 6.45) is 11.8. The Morgan fingerprint density at radius 3 is 2.25 bits per heavy atom. The molecule has 0 aliphatic carbocycles. The summed E-state index contributed by atoms with van der Waals surface area (Å²) in [5, 5.41) is 0. The quantitative estimate of drug-likeness (QED) is 0.297. The van der Waals surface area contributed by atoms with Crippen LogP contribution >= 0.6 is 0 Å². The number of carbonyl (C=O) groups is 1. The second-order valence-corrected chi connectivity index (χ2v) is 5.51. The standard InChI is InChI=1S/C15H28O/c1-5-6-7-8-9-10-11-12-15(3,4)14(2)13-16/h5,13-14H,1,6-12H2,2-4H3. The van der Waals surface area contributed by atoms with Crippen molar-refractivity contribution in [1.82, 2.24) is 0 Å². The normalized spacial score (nSPS) is 13.4. The Hall–Kier alpha value is -0.590. The molecule has 1 heteroatoms. The molecule has 16 heavy (non-hydrogen) atoms. The molecule has 0 saturated carbocycles. The zero-order valence-electron chi connectivity index (χ0n) is 11.3. The van der Waals surface area contributed by atoms with Crippen LogP contribution in [0.2, 0.25) is 0 Å². The second kappa shape index (κ2) is 8.55.